The maximum Gasteiger partial charge on any atom is 0.325 e. The van der Waals surface area contributed by atoms with Crippen molar-refractivity contribution in [3.05, 3.63) is 34.6 Å². The molecule has 1 aliphatic heterocycles. The topological polar surface area (TPSA) is 58.6 Å². The zero-order chi connectivity index (χ0) is 14.9. The molecule has 1 atom stereocenters. The van der Waals surface area contributed by atoms with Crippen LogP contribution in [0.2, 0.25) is 5.02 Å². The van der Waals surface area contributed by atoms with E-state index in [1.165, 1.54) is 25.3 Å². The fourth-order valence-corrected chi connectivity index (χ4v) is 2.34. The van der Waals surface area contributed by atoms with Crippen LogP contribution in [-0.2, 0) is 16.1 Å². The van der Waals surface area contributed by atoms with Crippen LogP contribution in [0.1, 0.15) is 12.5 Å². The standard InChI is InChI=1S/C13H14ClFN2O3/c1-13(7-20-2)11(18)17(12(19)16-13)6-8-9(14)4-3-5-10(8)15/h3-5H,6-7H2,1-2H3,(H,16,19)/t13-/m0/s1. The highest BCUT2D eigenvalue weighted by molar-refractivity contribution is 6.31. The van der Waals surface area contributed by atoms with Gasteiger partial charge in [-0.05, 0) is 19.1 Å². The smallest absolute Gasteiger partial charge is 0.325 e. The van der Waals surface area contributed by atoms with Gasteiger partial charge in [0.1, 0.15) is 11.4 Å². The first-order valence-corrected chi connectivity index (χ1v) is 6.33. The molecule has 7 heteroatoms. The lowest BCUT2D eigenvalue weighted by Gasteiger charge is -2.20. The molecule has 0 bridgehead atoms. The Balaban J connectivity index is 2.26. The largest absolute Gasteiger partial charge is 0.382 e. The fraction of sp³-hybridized carbons (Fsp3) is 0.385. The number of nitrogens with one attached hydrogen (secondary N) is 1. The van der Waals surface area contributed by atoms with Crippen molar-refractivity contribution < 1.29 is 18.7 Å². The zero-order valence-electron chi connectivity index (χ0n) is 11.1. The number of methoxy groups -OCH3 is 1. The van der Waals surface area contributed by atoms with Crippen molar-refractivity contribution in [3.8, 4) is 0 Å². The van der Waals surface area contributed by atoms with Crippen LogP contribution in [0.3, 0.4) is 0 Å². The van der Waals surface area contributed by atoms with E-state index in [4.69, 9.17) is 16.3 Å². The van der Waals surface area contributed by atoms with E-state index in [2.05, 4.69) is 5.32 Å². The van der Waals surface area contributed by atoms with Gasteiger partial charge < -0.3 is 10.1 Å². The molecule has 0 radical (unpaired) electrons. The van der Waals surface area contributed by atoms with E-state index < -0.39 is 23.3 Å². The third kappa shape index (κ3) is 2.48. The van der Waals surface area contributed by atoms with Gasteiger partial charge in [0.15, 0.2) is 0 Å². The number of ether oxygens (including phenoxy) is 1. The Labute approximate surface area is 120 Å². The van der Waals surface area contributed by atoms with Gasteiger partial charge in [-0.3, -0.25) is 9.69 Å². The average Bonchev–Trinajstić information content (AvgIpc) is 2.57. The first kappa shape index (κ1) is 14.7. The number of hydrogen-bond acceptors (Lipinski definition) is 3. The summed E-state index contributed by atoms with van der Waals surface area (Å²) in [5.74, 6) is -1.03. The normalized spacial score (nSPS) is 22.3. The molecule has 1 aliphatic rings. The summed E-state index contributed by atoms with van der Waals surface area (Å²) in [6.07, 6.45) is 0. The van der Waals surface area contributed by atoms with Gasteiger partial charge in [-0.1, -0.05) is 17.7 Å². The minimum atomic E-state index is -1.14. The van der Waals surface area contributed by atoms with Gasteiger partial charge >= 0.3 is 6.03 Å². The number of benzene rings is 1. The lowest BCUT2D eigenvalue weighted by atomic mass is 10.0. The van der Waals surface area contributed by atoms with Crippen LogP contribution >= 0.6 is 11.6 Å². The van der Waals surface area contributed by atoms with Crippen LogP contribution in [0.25, 0.3) is 0 Å². The van der Waals surface area contributed by atoms with Crippen LogP contribution in [0.4, 0.5) is 9.18 Å². The van der Waals surface area contributed by atoms with Gasteiger partial charge in [-0.2, -0.15) is 0 Å². The number of rotatable bonds is 4. The summed E-state index contributed by atoms with van der Waals surface area (Å²) < 4.78 is 18.7. The second-order valence-electron chi connectivity index (χ2n) is 4.79. The fourth-order valence-electron chi connectivity index (χ4n) is 2.12. The molecule has 0 saturated carbocycles. The molecule has 1 aromatic carbocycles. The molecule has 1 fully saturated rings. The van der Waals surface area contributed by atoms with E-state index in [-0.39, 0.29) is 23.7 Å². The van der Waals surface area contributed by atoms with Crippen molar-refractivity contribution in [2.24, 2.45) is 0 Å². The number of carbonyl (C=O) groups is 2. The minimum Gasteiger partial charge on any atom is -0.382 e. The quantitative estimate of drug-likeness (QED) is 0.865. The summed E-state index contributed by atoms with van der Waals surface area (Å²) in [6, 6.07) is 3.61. The zero-order valence-corrected chi connectivity index (χ0v) is 11.8. The highest BCUT2D eigenvalue weighted by Crippen LogP contribution is 2.25. The molecule has 1 saturated heterocycles. The predicted molar refractivity (Wildman–Crippen MR) is 70.8 cm³/mol. The van der Waals surface area contributed by atoms with Crippen molar-refractivity contribution in [2.45, 2.75) is 19.0 Å². The summed E-state index contributed by atoms with van der Waals surface area (Å²) in [6.45, 7) is 1.38. The molecule has 108 valence electrons. The van der Waals surface area contributed by atoms with Gasteiger partial charge in [0, 0.05) is 17.7 Å². The summed E-state index contributed by atoms with van der Waals surface area (Å²) >= 11 is 5.90. The Morgan fingerprint density at radius 3 is 2.75 bits per heavy atom. The van der Waals surface area contributed by atoms with E-state index in [1.54, 1.807) is 6.92 Å². The molecule has 0 aromatic heterocycles. The number of amides is 3. The third-order valence-electron chi connectivity index (χ3n) is 3.16. The molecular formula is C13H14ClFN2O3. The Kier molecular flexibility index (Phi) is 3.96. The van der Waals surface area contributed by atoms with E-state index in [0.29, 0.717) is 0 Å². The summed E-state index contributed by atoms with van der Waals surface area (Å²) in [4.78, 5) is 25.1. The Morgan fingerprint density at radius 1 is 1.45 bits per heavy atom. The van der Waals surface area contributed by atoms with Crippen molar-refractivity contribution >= 4 is 23.5 Å². The summed E-state index contributed by atoms with van der Waals surface area (Å²) in [5.41, 5.74) is -1.02. The number of hydrogen-bond donors (Lipinski definition) is 1. The number of nitrogens with zero attached hydrogens (tertiary/aromatic N) is 1. The van der Waals surface area contributed by atoms with Crippen LogP contribution in [-0.4, -0.2) is 36.1 Å². The van der Waals surface area contributed by atoms with Crippen molar-refractivity contribution in [1.82, 2.24) is 10.2 Å². The Morgan fingerprint density at radius 2 is 2.15 bits per heavy atom. The average molecular weight is 301 g/mol. The maximum atomic E-state index is 13.7. The van der Waals surface area contributed by atoms with Gasteiger partial charge in [0.05, 0.1) is 13.2 Å². The first-order chi connectivity index (χ1) is 9.39. The molecule has 3 amide bonds. The molecule has 20 heavy (non-hydrogen) atoms. The maximum absolute atomic E-state index is 13.7. The molecular weight excluding hydrogens is 287 g/mol. The van der Waals surface area contributed by atoms with Gasteiger partial charge in [0.2, 0.25) is 0 Å². The minimum absolute atomic E-state index is 0.0408. The molecule has 0 spiro atoms. The molecule has 5 nitrogen and oxygen atoms in total. The van der Waals surface area contributed by atoms with Gasteiger partial charge in [0.25, 0.3) is 5.91 Å². The molecule has 0 aliphatic carbocycles. The van der Waals surface area contributed by atoms with Crippen LogP contribution in [0.5, 0.6) is 0 Å². The predicted octanol–water partition coefficient (Wildman–Crippen LogP) is 1.94. The first-order valence-electron chi connectivity index (χ1n) is 5.95. The number of carbonyl (C=O) groups excluding carboxylic acids is 2. The summed E-state index contributed by atoms with van der Waals surface area (Å²) in [5, 5.41) is 2.71. The number of halogens is 2. The molecule has 0 unspecified atom stereocenters. The lowest BCUT2D eigenvalue weighted by Crippen LogP contribution is -2.47. The second kappa shape index (κ2) is 5.38. The number of urea groups is 1. The van der Waals surface area contributed by atoms with E-state index in [1.807, 2.05) is 0 Å². The number of imide groups is 1. The third-order valence-corrected chi connectivity index (χ3v) is 3.51. The molecule has 1 N–H and O–H groups in total. The Bertz CT molecular complexity index is 546. The van der Waals surface area contributed by atoms with E-state index >= 15 is 0 Å². The van der Waals surface area contributed by atoms with Crippen LogP contribution in [0, 0.1) is 5.82 Å². The van der Waals surface area contributed by atoms with Crippen molar-refractivity contribution in [3.63, 3.8) is 0 Å². The lowest BCUT2D eigenvalue weighted by molar-refractivity contribution is -0.132. The van der Waals surface area contributed by atoms with Crippen molar-refractivity contribution in [2.75, 3.05) is 13.7 Å². The van der Waals surface area contributed by atoms with Gasteiger partial charge in [-0.15, -0.1) is 0 Å². The van der Waals surface area contributed by atoms with E-state index in [9.17, 15) is 14.0 Å². The van der Waals surface area contributed by atoms with Crippen LogP contribution in [0.15, 0.2) is 18.2 Å². The molecule has 2 rings (SSSR count). The highest BCUT2D eigenvalue weighted by atomic mass is 35.5. The van der Waals surface area contributed by atoms with Gasteiger partial charge in [-0.25, -0.2) is 9.18 Å². The summed E-state index contributed by atoms with van der Waals surface area (Å²) in [7, 11) is 1.43. The van der Waals surface area contributed by atoms with Crippen molar-refractivity contribution in [1.29, 1.82) is 0 Å². The monoisotopic (exact) mass is 300 g/mol. The van der Waals surface area contributed by atoms with E-state index in [0.717, 1.165) is 4.90 Å². The SMILES string of the molecule is COC[C@]1(C)NC(=O)N(Cc2c(F)cccc2Cl)C1=O. The highest BCUT2D eigenvalue weighted by Gasteiger charge is 2.48. The molecule has 1 heterocycles. The van der Waals surface area contributed by atoms with Crippen LogP contribution < -0.4 is 5.32 Å². The second-order valence-corrected chi connectivity index (χ2v) is 5.19. The Hall–Kier alpha value is -1.66. The molecule has 1 aromatic rings.